The van der Waals surface area contributed by atoms with Crippen LogP contribution in [0.1, 0.15) is 32.1 Å². The van der Waals surface area contributed by atoms with E-state index < -0.39 is 11.9 Å². The highest BCUT2D eigenvalue weighted by atomic mass is 16.5. The minimum absolute atomic E-state index is 0.0221. The van der Waals surface area contributed by atoms with Crippen molar-refractivity contribution in [3.8, 4) is 0 Å². The standard InChI is InChI=1S/C12H18N2O4/c13-11(16)9-3-1-2-6-14(9)10(15)7-18-12(17)8-4-5-8/h8-9H,1-7H2,(H2,13,16)/t9-/m1/s1. The second kappa shape index (κ2) is 5.37. The molecule has 1 saturated carbocycles. The van der Waals surface area contributed by atoms with Crippen LogP contribution in [0.5, 0.6) is 0 Å². The van der Waals surface area contributed by atoms with Crippen LogP contribution in [0.2, 0.25) is 0 Å². The molecular formula is C12H18N2O4. The average Bonchev–Trinajstić information content (AvgIpc) is 3.19. The molecule has 1 aliphatic heterocycles. The monoisotopic (exact) mass is 254 g/mol. The Kier molecular flexibility index (Phi) is 3.84. The number of rotatable bonds is 4. The van der Waals surface area contributed by atoms with E-state index in [0.717, 1.165) is 25.7 Å². The highest BCUT2D eigenvalue weighted by Gasteiger charge is 2.34. The smallest absolute Gasteiger partial charge is 0.309 e. The van der Waals surface area contributed by atoms with Crippen molar-refractivity contribution in [3.05, 3.63) is 0 Å². The van der Waals surface area contributed by atoms with Crippen molar-refractivity contribution in [2.75, 3.05) is 13.2 Å². The third-order valence-electron chi connectivity index (χ3n) is 3.40. The van der Waals surface area contributed by atoms with Crippen molar-refractivity contribution in [2.45, 2.75) is 38.1 Å². The summed E-state index contributed by atoms with van der Waals surface area (Å²) in [5.74, 6) is -1.15. The predicted octanol–water partition coefficient (Wildman–Crippen LogP) is -0.194. The third kappa shape index (κ3) is 3.00. The molecule has 100 valence electrons. The maximum Gasteiger partial charge on any atom is 0.309 e. The van der Waals surface area contributed by atoms with E-state index in [1.807, 2.05) is 0 Å². The number of hydrogen-bond donors (Lipinski definition) is 1. The number of primary amides is 1. The summed E-state index contributed by atoms with van der Waals surface area (Å²) in [6.07, 6.45) is 4.03. The normalized spacial score (nSPS) is 23.6. The van der Waals surface area contributed by atoms with E-state index in [0.29, 0.717) is 13.0 Å². The number of amides is 2. The van der Waals surface area contributed by atoms with Crippen molar-refractivity contribution in [1.82, 2.24) is 4.90 Å². The van der Waals surface area contributed by atoms with Crippen LogP contribution in [0.25, 0.3) is 0 Å². The van der Waals surface area contributed by atoms with Gasteiger partial charge in [-0.2, -0.15) is 0 Å². The van der Waals surface area contributed by atoms with Gasteiger partial charge in [-0.25, -0.2) is 0 Å². The number of esters is 1. The van der Waals surface area contributed by atoms with E-state index in [2.05, 4.69) is 0 Å². The van der Waals surface area contributed by atoms with E-state index in [4.69, 9.17) is 10.5 Å². The van der Waals surface area contributed by atoms with E-state index >= 15 is 0 Å². The van der Waals surface area contributed by atoms with Gasteiger partial charge in [0.2, 0.25) is 5.91 Å². The first-order valence-corrected chi connectivity index (χ1v) is 6.35. The molecule has 1 saturated heterocycles. The summed E-state index contributed by atoms with van der Waals surface area (Å²) >= 11 is 0. The number of carbonyl (C=O) groups is 3. The summed E-state index contributed by atoms with van der Waals surface area (Å²) in [7, 11) is 0. The van der Waals surface area contributed by atoms with Crippen LogP contribution in [0, 0.1) is 5.92 Å². The average molecular weight is 254 g/mol. The van der Waals surface area contributed by atoms with Crippen molar-refractivity contribution < 1.29 is 19.1 Å². The molecular weight excluding hydrogens is 236 g/mol. The zero-order valence-corrected chi connectivity index (χ0v) is 10.3. The van der Waals surface area contributed by atoms with Crippen LogP contribution in [0.4, 0.5) is 0 Å². The van der Waals surface area contributed by atoms with E-state index in [1.54, 1.807) is 0 Å². The third-order valence-corrected chi connectivity index (χ3v) is 3.40. The molecule has 2 N–H and O–H groups in total. The Morgan fingerprint density at radius 1 is 1.17 bits per heavy atom. The molecule has 6 nitrogen and oxygen atoms in total. The Morgan fingerprint density at radius 2 is 1.89 bits per heavy atom. The van der Waals surface area contributed by atoms with Gasteiger partial charge in [0, 0.05) is 6.54 Å². The molecule has 2 rings (SSSR count). The molecule has 1 heterocycles. The number of likely N-dealkylation sites (tertiary alicyclic amines) is 1. The molecule has 18 heavy (non-hydrogen) atoms. The molecule has 6 heteroatoms. The van der Waals surface area contributed by atoms with Gasteiger partial charge < -0.3 is 15.4 Å². The second-order valence-electron chi connectivity index (χ2n) is 4.88. The Hall–Kier alpha value is -1.59. The van der Waals surface area contributed by atoms with Gasteiger partial charge in [-0.15, -0.1) is 0 Å². The van der Waals surface area contributed by atoms with Gasteiger partial charge in [-0.1, -0.05) is 0 Å². The van der Waals surface area contributed by atoms with E-state index in [1.165, 1.54) is 4.90 Å². The fourth-order valence-electron chi connectivity index (χ4n) is 2.18. The van der Waals surface area contributed by atoms with Gasteiger partial charge in [0.25, 0.3) is 5.91 Å². The van der Waals surface area contributed by atoms with Gasteiger partial charge in [0.1, 0.15) is 6.04 Å². The highest BCUT2D eigenvalue weighted by Crippen LogP contribution is 2.30. The maximum atomic E-state index is 11.9. The lowest BCUT2D eigenvalue weighted by molar-refractivity contribution is -0.155. The van der Waals surface area contributed by atoms with Gasteiger partial charge in [0.05, 0.1) is 5.92 Å². The number of ether oxygens (including phenoxy) is 1. The van der Waals surface area contributed by atoms with Crippen LogP contribution in [-0.2, 0) is 19.1 Å². The number of hydrogen-bond acceptors (Lipinski definition) is 4. The molecule has 1 aliphatic carbocycles. The van der Waals surface area contributed by atoms with Crippen LogP contribution >= 0.6 is 0 Å². The van der Waals surface area contributed by atoms with Gasteiger partial charge >= 0.3 is 5.97 Å². The molecule has 0 aromatic rings. The molecule has 0 spiro atoms. The summed E-state index contributed by atoms with van der Waals surface area (Å²) in [4.78, 5) is 35.9. The highest BCUT2D eigenvalue weighted by molar-refractivity contribution is 5.88. The molecule has 0 radical (unpaired) electrons. The molecule has 0 aromatic heterocycles. The lowest BCUT2D eigenvalue weighted by atomic mass is 10.0. The molecule has 2 fully saturated rings. The Balaban J connectivity index is 1.85. The molecule has 0 unspecified atom stereocenters. The summed E-state index contributed by atoms with van der Waals surface area (Å²) < 4.78 is 4.93. The summed E-state index contributed by atoms with van der Waals surface area (Å²) in [6.45, 7) is 0.229. The van der Waals surface area contributed by atoms with E-state index in [9.17, 15) is 14.4 Å². The lowest BCUT2D eigenvalue weighted by Crippen LogP contribution is -2.51. The molecule has 2 amide bonds. The van der Waals surface area contributed by atoms with Crippen molar-refractivity contribution in [3.63, 3.8) is 0 Å². The maximum absolute atomic E-state index is 11.9. The number of carbonyl (C=O) groups excluding carboxylic acids is 3. The largest absolute Gasteiger partial charge is 0.455 e. The predicted molar refractivity (Wildman–Crippen MR) is 62.2 cm³/mol. The lowest BCUT2D eigenvalue weighted by Gasteiger charge is -2.33. The summed E-state index contributed by atoms with van der Waals surface area (Å²) in [6, 6.07) is -0.550. The minimum Gasteiger partial charge on any atom is -0.455 e. The fraction of sp³-hybridized carbons (Fsp3) is 0.750. The number of nitrogens with zero attached hydrogens (tertiary/aromatic N) is 1. The van der Waals surface area contributed by atoms with Crippen molar-refractivity contribution in [2.24, 2.45) is 11.7 Å². The Bertz CT molecular complexity index is 365. The van der Waals surface area contributed by atoms with Crippen molar-refractivity contribution in [1.29, 1.82) is 0 Å². The van der Waals surface area contributed by atoms with Gasteiger partial charge in [0.15, 0.2) is 6.61 Å². The summed E-state index contributed by atoms with van der Waals surface area (Å²) in [5, 5.41) is 0. The first-order chi connectivity index (χ1) is 8.59. The quantitative estimate of drug-likeness (QED) is 0.704. The minimum atomic E-state index is -0.550. The van der Waals surface area contributed by atoms with Crippen LogP contribution in [-0.4, -0.2) is 41.9 Å². The van der Waals surface area contributed by atoms with Gasteiger partial charge in [-0.05, 0) is 32.1 Å². The molecule has 1 atom stereocenters. The zero-order valence-electron chi connectivity index (χ0n) is 10.3. The summed E-state index contributed by atoms with van der Waals surface area (Å²) in [5.41, 5.74) is 5.27. The second-order valence-corrected chi connectivity index (χ2v) is 4.88. The SMILES string of the molecule is NC(=O)[C@H]1CCCCN1C(=O)COC(=O)C1CC1. The molecule has 0 bridgehead atoms. The Labute approximate surface area is 105 Å². The van der Waals surface area contributed by atoms with E-state index in [-0.39, 0.29) is 24.4 Å². The first kappa shape index (κ1) is 12.9. The first-order valence-electron chi connectivity index (χ1n) is 6.35. The zero-order chi connectivity index (χ0) is 13.1. The Morgan fingerprint density at radius 3 is 2.50 bits per heavy atom. The van der Waals surface area contributed by atoms with Crippen LogP contribution < -0.4 is 5.73 Å². The molecule has 0 aromatic carbocycles. The van der Waals surface area contributed by atoms with Crippen LogP contribution in [0.3, 0.4) is 0 Å². The number of piperidine rings is 1. The van der Waals surface area contributed by atoms with Crippen molar-refractivity contribution >= 4 is 17.8 Å². The fourth-order valence-corrected chi connectivity index (χ4v) is 2.18. The topological polar surface area (TPSA) is 89.7 Å². The van der Waals surface area contributed by atoms with Gasteiger partial charge in [-0.3, -0.25) is 14.4 Å². The number of nitrogens with two attached hydrogens (primary N) is 1. The molecule has 2 aliphatic rings. The van der Waals surface area contributed by atoms with Crippen LogP contribution in [0.15, 0.2) is 0 Å².